The Labute approximate surface area is 466 Å². The van der Waals surface area contributed by atoms with E-state index < -0.39 is 22.2 Å². The van der Waals surface area contributed by atoms with Gasteiger partial charge in [-0.25, -0.2) is 0 Å². The molecular weight excluding hydrogens is 1080 g/mol. The molecule has 0 spiro atoms. The summed E-state index contributed by atoms with van der Waals surface area (Å²) in [5, 5.41) is 0.714. The Kier molecular flexibility index (Phi) is 11.3. The molecule has 4 fully saturated rings. The molecule has 12 atom stereocenters. The molecular formula is C53H40N2O4Y4-4. The fourth-order valence-electron chi connectivity index (χ4n) is 15.4. The summed E-state index contributed by atoms with van der Waals surface area (Å²) >= 11 is 0. The Balaban J connectivity index is 0.000000169. The van der Waals surface area contributed by atoms with Gasteiger partial charge in [-0.1, -0.05) is 61.8 Å². The number of nitrogens with zero attached hydrogens (tertiary/aromatic N) is 2. The first-order valence-electron chi connectivity index (χ1n) is 21.8. The number of rotatable bonds is 0. The van der Waals surface area contributed by atoms with Crippen LogP contribution in [0.1, 0.15) is 130 Å². The smallest absolute Gasteiger partial charge is 0.261 e. The van der Waals surface area contributed by atoms with E-state index >= 15 is 0 Å². The van der Waals surface area contributed by atoms with Crippen molar-refractivity contribution < 1.29 is 131 Å². The topological polar surface area (TPSA) is 78.1 Å². The first kappa shape index (κ1) is 45.6. The summed E-state index contributed by atoms with van der Waals surface area (Å²) < 4.78 is 1.94. The number of benzene rings is 5. The van der Waals surface area contributed by atoms with Gasteiger partial charge in [0.05, 0.1) is 21.5 Å². The number of fused-ring (bicyclic) bond motifs is 33. The molecule has 0 amide bonds. The maximum Gasteiger partial charge on any atom is 0.261 e. The molecule has 12 unspecified atom stereocenters. The van der Waals surface area contributed by atoms with Crippen LogP contribution in [0.3, 0.4) is 0 Å². The average molecular weight is 1120 g/mol. The van der Waals surface area contributed by atoms with Crippen LogP contribution < -0.4 is 22.2 Å². The monoisotopic (exact) mass is 1120 g/mol. The average Bonchev–Trinajstić information content (AvgIpc) is 4.07. The zero-order valence-electron chi connectivity index (χ0n) is 35.7. The van der Waals surface area contributed by atoms with Crippen molar-refractivity contribution in [2.24, 2.45) is 37.8 Å². The van der Waals surface area contributed by atoms with Crippen LogP contribution in [0.25, 0.3) is 32.7 Å². The second kappa shape index (κ2) is 15.7. The van der Waals surface area contributed by atoms with Gasteiger partial charge in [-0.2, -0.15) is 0 Å². The second-order valence-electron chi connectivity index (χ2n) is 19.0. The van der Waals surface area contributed by atoms with Gasteiger partial charge >= 0.3 is 0 Å². The Morgan fingerprint density at radius 2 is 0.683 bits per heavy atom. The van der Waals surface area contributed by atoms with Crippen molar-refractivity contribution in [2.45, 2.75) is 80.5 Å². The van der Waals surface area contributed by atoms with Gasteiger partial charge in [0.25, 0.3) is 22.2 Å². The molecule has 2 heterocycles. The van der Waals surface area contributed by atoms with Crippen LogP contribution in [0.15, 0.2) is 79.8 Å². The summed E-state index contributed by atoms with van der Waals surface area (Å²) in [4.78, 5) is 47.1. The van der Waals surface area contributed by atoms with Crippen molar-refractivity contribution in [3.05, 3.63) is 182 Å². The molecule has 5 aromatic carbocycles. The minimum atomic E-state index is -0.451. The molecule has 0 aliphatic heterocycles. The number of aromatic nitrogens is 2. The molecule has 7 aromatic rings. The Morgan fingerprint density at radius 3 is 0.968 bits per heavy atom. The molecule has 0 saturated heterocycles. The van der Waals surface area contributed by atoms with Crippen LogP contribution >= 0.6 is 0 Å². The summed E-state index contributed by atoms with van der Waals surface area (Å²) in [7, 11) is 2.73. The molecule has 4 bridgehead atoms. The third-order valence-corrected chi connectivity index (χ3v) is 17.4. The molecule has 2 aromatic heterocycles. The molecule has 9 aliphatic rings. The number of hydrogen-bond acceptors (Lipinski definition) is 4. The van der Waals surface area contributed by atoms with E-state index in [0.717, 1.165) is 86.6 Å². The predicted molar refractivity (Wildman–Crippen MR) is 226 cm³/mol. The van der Waals surface area contributed by atoms with Crippen molar-refractivity contribution in [1.82, 2.24) is 9.13 Å². The maximum atomic E-state index is 11.8. The SMILES string of the molecule is CC.Cn1c(=O)c2cc3c(=O)n(C)c(=O)c3cc2c1=O.[Y].[Y].[Y].[Y].[c-]1cc[c-]c2c1C1C3CC(C21)C1c2cc4c(cc2C31)Cc1cc2c(cc1-4)C1C3CC(C4c5[c-]cc[c-]c5C34)C21. The first-order valence-corrected chi connectivity index (χ1v) is 21.8. The summed E-state index contributed by atoms with van der Waals surface area (Å²) in [6, 6.07) is 36.2. The van der Waals surface area contributed by atoms with Crippen molar-refractivity contribution in [3.8, 4) is 11.1 Å². The van der Waals surface area contributed by atoms with Crippen molar-refractivity contribution in [2.75, 3.05) is 0 Å². The Morgan fingerprint density at radius 1 is 0.413 bits per heavy atom. The quantitative estimate of drug-likeness (QED) is 0.115. The van der Waals surface area contributed by atoms with Crippen LogP contribution in [-0.4, -0.2) is 9.13 Å². The normalized spacial score (nSPS) is 30.1. The van der Waals surface area contributed by atoms with E-state index in [2.05, 4.69) is 72.8 Å². The van der Waals surface area contributed by atoms with Crippen molar-refractivity contribution in [3.63, 3.8) is 0 Å². The van der Waals surface area contributed by atoms with E-state index in [4.69, 9.17) is 0 Å². The molecule has 4 radical (unpaired) electrons. The van der Waals surface area contributed by atoms with Crippen LogP contribution in [0.4, 0.5) is 0 Å². The fraction of sp³-hybridized carbons (Fsp3) is 0.358. The third kappa shape index (κ3) is 5.43. The Bertz CT molecular complexity index is 3070. The van der Waals surface area contributed by atoms with Gasteiger partial charge in [0.1, 0.15) is 0 Å². The summed E-state index contributed by atoms with van der Waals surface area (Å²) in [5.74, 6) is 9.68. The van der Waals surface area contributed by atoms with Gasteiger partial charge < -0.3 is 24.3 Å². The minimum absolute atomic E-state index is 0. The molecule has 6 nitrogen and oxygen atoms in total. The molecule has 302 valence electrons. The molecule has 16 rings (SSSR count). The summed E-state index contributed by atoms with van der Waals surface area (Å²) in [5.41, 5.74) is 17.5. The standard InChI is InChI=1S/C39H26.C12H8N2O4.C2H6.4Y/c1-3-7-20-18(5-1)32-28-14-30(34(20)32)38-26-12-22-16(10-24(26)36(28)38)9-17-11-25-27(13-23(17)22)39-31-15-29(37(25)39)33-19-6-2-4-8-21(19)35(31)33;1-13-9(15)5-3-7-8(4-6(5)10(13)16)12(18)14(2)11(7)17;1-2;;;;/h1-4,10-13,28-39H,9,14-15H2;3-4H,1-2H3;1-2H3;;;;/q-4;;;;;;. The largest absolute Gasteiger partial charge is 0.315 e. The fourth-order valence-corrected chi connectivity index (χ4v) is 15.4. The van der Waals surface area contributed by atoms with Gasteiger partial charge in [0, 0.05) is 145 Å². The van der Waals surface area contributed by atoms with Crippen molar-refractivity contribution >= 4 is 21.5 Å². The van der Waals surface area contributed by atoms with Crippen LogP contribution in [0.5, 0.6) is 0 Å². The zero-order chi connectivity index (χ0) is 39.7. The Hall–Kier alpha value is -1.20. The van der Waals surface area contributed by atoms with Crippen LogP contribution in [-0.2, 0) is 151 Å². The van der Waals surface area contributed by atoms with E-state index in [9.17, 15) is 19.2 Å². The van der Waals surface area contributed by atoms with Gasteiger partial charge in [-0.15, -0.1) is 0 Å². The van der Waals surface area contributed by atoms with Gasteiger partial charge in [0.2, 0.25) is 0 Å². The second-order valence-corrected chi connectivity index (χ2v) is 19.0. The first-order chi connectivity index (χ1) is 28.8. The van der Waals surface area contributed by atoms with Crippen LogP contribution in [0.2, 0.25) is 0 Å². The molecule has 9 aliphatic carbocycles. The predicted octanol–water partition coefficient (Wildman–Crippen LogP) is 7.88. The molecule has 63 heavy (non-hydrogen) atoms. The van der Waals surface area contributed by atoms with E-state index in [0.29, 0.717) is 0 Å². The molecule has 0 N–H and O–H groups in total. The van der Waals surface area contributed by atoms with E-state index in [1.54, 1.807) is 44.5 Å². The number of hydrogen-bond donors (Lipinski definition) is 0. The summed E-state index contributed by atoms with van der Waals surface area (Å²) in [6.07, 6.45) is 4.00. The van der Waals surface area contributed by atoms with E-state index in [1.807, 2.05) is 13.8 Å². The van der Waals surface area contributed by atoms with Gasteiger partial charge in [-0.05, 0) is 123 Å². The van der Waals surface area contributed by atoms with E-state index in [-0.39, 0.29) is 152 Å². The third-order valence-electron chi connectivity index (χ3n) is 17.4. The minimum Gasteiger partial charge on any atom is -0.315 e. The molecule has 4 saturated carbocycles. The van der Waals surface area contributed by atoms with Crippen molar-refractivity contribution in [1.29, 1.82) is 0 Å². The van der Waals surface area contributed by atoms with Gasteiger partial charge in [0.15, 0.2) is 0 Å². The van der Waals surface area contributed by atoms with Crippen LogP contribution in [0, 0.1) is 47.9 Å². The van der Waals surface area contributed by atoms with Gasteiger partial charge in [-0.3, -0.25) is 74.8 Å². The maximum absolute atomic E-state index is 11.8. The summed E-state index contributed by atoms with van der Waals surface area (Å²) in [6.45, 7) is 4.00. The molecule has 10 heteroatoms. The zero-order valence-corrected chi connectivity index (χ0v) is 47.0. The van der Waals surface area contributed by atoms with E-state index in [1.165, 1.54) is 61.3 Å².